The van der Waals surface area contributed by atoms with Crippen LogP contribution in [0.2, 0.25) is 0 Å². The van der Waals surface area contributed by atoms with Crippen LogP contribution in [0.1, 0.15) is 6.42 Å². The van der Waals surface area contributed by atoms with Gasteiger partial charge in [0.2, 0.25) is 0 Å². The molecule has 18 heavy (non-hydrogen) atoms. The first kappa shape index (κ1) is 12.0. The van der Waals surface area contributed by atoms with Gasteiger partial charge in [0.1, 0.15) is 12.4 Å². The Balaban J connectivity index is 2.17. The fourth-order valence-corrected chi connectivity index (χ4v) is 1.79. The molecule has 0 fully saturated rings. The highest BCUT2D eigenvalue weighted by atomic mass is 16.5. The van der Waals surface area contributed by atoms with Gasteiger partial charge in [0.25, 0.3) is 0 Å². The Morgan fingerprint density at radius 1 is 1.61 bits per heavy atom. The van der Waals surface area contributed by atoms with E-state index in [1.165, 1.54) is 4.90 Å². The minimum Gasteiger partial charge on any atom is -0.489 e. The van der Waals surface area contributed by atoms with E-state index in [-0.39, 0.29) is 0 Å². The SMILES string of the molecule is N#CCCNc1ccc2c(c1)OCCN2C(=O)O. The number of nitrogens with one attached hydrogen (secondary N) is 1. The minimum atomic E-state index is -0.982. The van der Waals surface area contributed by atoms with Crippen LogP contribution in [-0.2, 0) is 0 Å². The van der Waals surface area contributed by atoms with E-state index >= 15 is 0 Å². The fraction of sp³-hybridized carbons (Fsp3) is 0.333. The Labute approximate surface area is 104 Å². The van der Waals surface area contributed by atoms with E-state index in [0.29, 0.717) is 37.6 Å². The molecular weight excluding hydrogens is 234 g/mol. The maximum absolute atomic E-state index is 11.0. The summed E-state index contributed by atoms with van der Waals surface area (Å²) >= 11 is 0. The number of carbonyl (C=O) groups is 1. The lowest BCUT2D eigenvalue weighted by atomic mass is 10.2. The number of ether oxygens (including phenoxy) is 1. The molecule has 0 saturated heterocycles. The summed E-state index contributed by atoms with van der Waals surface area (Å²) in [5.74, 6) is 0.547. The van der Waals surface area contributed by atoms with Crippen molar-refractivity contribution in [3.63, 3.8) is 0 Å². The van der Waals surface area contributed by atoms with E-state index in [9.17, 15) is 4.79 Å². The van der Waals surface area contributed by atoms with Crippen LogP contribution in [0.15, 0.2) is 18.2 Å². The predicted molar refractivity (Wildman–Crippen MR) is 66.0 cm³/mol. The molecule has 0 atom stereocenters. The Hall–Kier alpha value is -2.42. The number of nitriles is 1. The van der Waals surface area contributed by atoms with E-state index in [1.54, 1.807) is 18.2 Å². The average molecular weight is 247 g/mol. The highest BCUT2D eigenvalue weighted by molar-refractivity contribution is 5.89. The second-order valence-electron chi connectivity index (χ2n) is 3.80. The second-order valence-corrected chi connectivity index (χ2v) is 3.80. The van der Waals surface area contributed by atoms with Crippen molar-refractivity contribution in [3.8, 4) is 11.8 Å². The lowest BCUT2D eigenvalue weighted by Crippen LogP contribution is -2.36. The number of fused-ring (bicyclic) bond motifs is 1. The van der Waals surface area contributed by atoms with Crippen molar-refractivity contribution in [1.29, 1.82) is 5.26 Å². The maximum Gasteiger partial charge on any atom is 0.412 e. The third-order valence-corrected chi connectivity index (χ3v) is 2.62. The largest absolute Gasteiger partial charge is 0.489 e. The molecule has 94 valence electrons. The number of amides is 1. The van der Waals surface area contributed by atoms with Crippen LogP contribution < -0.4 is 15.0 Å². The van der Waals surface area contributed by atoms with Crippen LogP contribution in [0.4, 0.5) is 16.2 Å². The molecule has 0 radical (unpaired) electrons. The number of nitrogens with zero attached hydrogens (tertiary/aromatic N) is 2. The summed E-state index contributed by atoms with van der Waals surface area (Å²) in [7, 11) is 0. The van der Waals surface area contributed by atoms with Crippen LogP contribution in [0.3, 0.4) is 0 Å². The molecule has 1 heterocycles. The van der Waals surface area contributed by atoms with Crippen molar-refractivity contribution in [3.05, 3.63) is 18.2 Å². The van der Waals surface area contributed by atoms with E-state index < -0.39 is 6.09 Å². The molecule has 1 aromatic carbocycles. The fourth-order valence-electron chi connectivity index (χ4n) is 1.79. The molecule has 1 aliphatic heterocycles. The van der Waals surface area contributed by atoms with Crippen LogP contribution in [0.5, 0.6) is 5.75 Å². The van der Waals surface area contributed by atoms with E-state index in [1.807, 2.05) is 6.07 Å². The summed E-state index contributed by atoms with van der Waals surface area (Å²) in [5.41, 5.74) is 1.37. The quantitative estimate of drug-likeness (QED) is 0.796. The number of carboxylic acid groups (broad SMARTS) is 1. The number of anilines is 2. The van der Waals surface area contributed by atoms with Crippen molar-refractivity contribution in [2.45, 2.75) is 6.42 Å². The molecule has 0 bridgehead atoms. The smallest absolute Gasteiger partial charge is 0.412 e. The van der Waals surface area contributed by atoms with E-state index in [4.69, 9.17) is 15.1 Å². The summed E-state index contributed by atoms with van der Waals surface area (Å²) in [6.07, 6.45) is -0.566. The van der Waals surface area contributed by atoms with E-state index in [2.05, 4.69) is 5.32 Å². The van der Waals surface area contributed by atoms with Gasteiger partial charge < -0.3 is 15.2 Å². The van der Waals surface area contributed by atoms with Crippen LogP contribution in [0.25, 0.3) is 0 Å². The lowest BCUT2D eigenvalue weighted by Gasteiger charge is -2.27. The van der Waals surface area contributed by atoms with Gasteiger partial charge in [-0.2, -0.15) is 5.26 Å². The number of hydrogen-bond donors (Lipinski definition) is 2. The average Bonchev–Trinajstić information content (AvgIpc) is 2.38. The van der Waals surface area contributed by atoms with Crippen molar-refractivity contribution in [2.24, 2.45) is 0 Å². The highest BCUT2D eigenvalue weighted by Crippen LogP contribution is 2.34. The Morgan fingerprint density at radius 2 is 2.44 bits per heavy atom. The van der Waals surface area contributed by atoms with Crippen molar-refractivity contribution >= 4 is 17.5 Å². The van der Waals surface area contributed by atoms with Gasteiger partial charge in [-0.1, -0.05) is 0 Å². The molecule has 6 nitrogen and oxygen atoms in total. The molecule has 2 rings (SSSR count). The first-order valence-corrected chi connectivity index (χ1v) is 5.60. The molecular formula is C12H13N3O3. The summed E-state index contributed by atoms with van der Waals surface area (Å²) in [4.78, 5) is 12.3. The first-order valence-electron chi connectivity index (χ1n) is 5.60. The zero-order valence-corrected chi connectivity index (χ0v) is 9.72. The second kappa shape index (κ2) is 5.27. The molecule has 0 aromatic heterocycles. The third kappa shape index (κ3) is 2.46. The molecule has 2 N–H and O–H groups in total. The van der Waals surface area contributed by atoms with Gasteiger partial charge in [-0.15, -0.1) is 0 Å². The number of benzene rings is 1. The molecule has 1 aliphatic rings. The maximum atomic E-state index is 11.0. The van der Waals surface area contributed by atoms with Crippen molar-refractivity contribution in [1.82, 2.24) is 0 Å². The predicted octanol–water partition coefficient (Wildman–Crippen LogP) is 1.89. The summed E-state index contributed by atoms with van der Waals surface area (Å²) in [6.45, 7) is 1.24. The topological polar surface area (TPSA) is 85.6 Å². The molecule has 0 unspecified atom stereocenters. The number of rotatable bonds is 3. The molecule has 6 heteroatoms. The standard InChI is InChI=1S/C12H13N3O3/c13-4-1-5-14-9-2-3-10-11(8-9)18-7-6-15(10)12(16)17/h2-3,8,14H,1,5-7H2,(H,16,17). The Kier molecular flexibility index (Phi) is 3.53. The monoisotopic (exact) mass is 247 g/mol. The summed E-state index contributed by atoms with van der Waals surface area (Å²) in [6, 6.07) is 7.28. The third-order valence-electron chi connectivity index (χ3n) is 2.62. The Morgan fingerprint density at radius 3 is 3.17 bits per heavy atom. The molecule has 1 aromatic rings. The summed E-state index contributed by atoms with van der Waals surface area (Å²) in [5, 5.41) is 20.6. The van der Waals surface area contributed by atoms with Gasteiger partial charge in [0.05, 0.1) is 24.7 Å². The van der Waals surface area contributed by atoms with Crippen LogP contribution in [-0.4, -0.2) is 30.9 Å². The normalized spacial score (nSPS) is 13.2. The zero-order valence-electron chi connectivity index (χ0n) is 9.72. The van der Waals surface area contributed by atoms with Crippen LogP contribution >= 0.6 is 0 Å². The Bertz CT molecular complexity index is 496. The zero-order chi connectivity index (χ0) is 13.0. The van der Waals surface area contributed by atoms with Gasteiger partial charge in [-0.25, -0.2) is 4.79 Å². The van der Waals surface area contributed by atoms with Gasteiger partial charge in [-0.3, -0.25) is 4.90 Å². The minimum absolute atomic E-state index is 0.337. The molecule has 0 aliphatic carbocycles. The van der Waals surface area contributed by atoms with E-state index in [0.717, 1.165) is 5.69 Å². The number of hydrogen-bond acceptors (Lipinski definition) is 4. The van der Waals surface area contributed by atoms with Gasteiger partial charge in [0.15, 0.2) is 0 Å². The van der Waals surface area contributed by atoms with Gasteiger partial charge in [-0.05, 0) is 12.1 Å². The lowest BCUT2D eigenvalue weighted by molar-refractivity contribution is 0.196. The summed E-state index contributed by atoms with van der Waals surface area (Å²) < 4.78 is 5.44. The van der Waals surface area contributed by atoms with Gasteiger partial charge >= 0.3 is 6.09 Å². The molecule has 0 spiro atoms. The molecule has 0 saturated carbocycles. The highest BCUT2D eigenvalue weighted by Gasteiger charge is 2.23. The van der Waals surface area contributed by atoms with Crippen LogP contribution in [0, 0.1) is 11.3 Å². The molecule has 1 amide bonds. The van der Waals surface area contributed by atoms with Crippen molar-refractivity contribution < 1.29 is 14.6 Å². The van der Waals surface area contributed by atoms with Gasteiger partial charge in [0, 0.05) is 18.3 Å². The van der Waals surface area contributed by atoms with Crippen molar-refractivity contribution in [2.75, 3.05) is 29.9 Å². The first-order chi connectivity index (χ1) is 8.72.